The molecular formula is C15H13BrF2O2. The van der Waals surface area contributed by atoms with Gasteiger partial charge in [0.15, 0.2) is 11.6 Å². The second-order valence-electron chi connectivity index (χ2n) is 4.63. The van der Waals surface area contributed by atoms with Gasteiger partial charge in [-0.25, -0.2) is 4.39 Å². The van der Waals surface area contributed by atoms with E-state index >= 15 is 0 Å². The summed E-state index contributed by atoms with van der Waals surface area (Å²) < 4.78 is 32.4. The Balaban J connectivity index is 2.16. The summed E-state index contributed by atoms with van der Waals surface area (Å²) in [5.74, 6) is -2.32. The van der Waals surface area contributed by atoms with Crippen LogP contribution in [0.25, 0.3) is 0 Å². The second kappa shape index (κ2) is 5.89. The van der Waals surface area contributed by atoms with E-state index in [0.717, 1.165) is 6.07 Å². The molecule has 0 aliphatic carbocycles. The van der Waals surface area contributed by atoms with Crippen LogP contribution in [-0.2, 0) is 5.60 Å². The van der Waals surface area contributed by atoms with Crippen molar-refractivity contribution in [3.05, 3.63) is 64.1 Å². The van der Waals surface area contributed by atoms with Crippen LogP contribution in [0.1, 0.15) is 12.5 Å². The van der Waals surface area contributed by atoms with E-state index in [4.69, 9.17) is 4.74 Å². The third-order valence-electron chi connectivity index (χ3n) is 2.86. The van der Waals surface area contributed by atoms with Crippen LogP contribution >= 0.6 is 15.9 Å². The molecule has 0 bridgehead atoms. The van der Waals surface area contributed by atoms with Crippen LogP contribution < -0.4 is 4.74 Å². The lowest BCUT2D eigenvalue weighted by Crippen LogP contribution is -2.29. The highest BCUT2D eigenvalue weighted by atomic mass is 79.9. The Morgan fingerprint density at radius 2 is 1.85 bits per heavy atom. The van der Waals surface area contributed by atoms with Gasteiger partial charge in [0.25, 0.3) is 0 Å². The summed E-state index contributed by atoms with van der Waals surface area (Å²) in [4.78, 5) is 0. The molecule has 0 radical (unpaired) electrons. The SMILES string of the molecule is CC(O)(COc1cc(Br)cc(F)c1F)c1ccccc1. The molecular weight excluding hydrogens is 330 g/mol. The fourth-order valence-corrected chi connectivity index (χ4v) is 2.15. The van der Waals surface area contributed by atoms with Crippen LogP contribution in [0.5, 0.6) is 5.75 Å². The predicted octanol–water partition coefficient (Wildman–Crippen LogP) is 4.01. The van der Waals surface area contributed by atoms with Gasteiger partial charge in [-0.1, -0.05) is 46.3 Å². The lowest BCUT2D eigenvalue weighted by molar-refractivity contribution is 0.00619. The number of rotatable bonds is 4. The van der Waals surface area contributed by atoms with Gasteiger partial charge in [0, 0.05) is 4.47 Å². The van der Waals surface area contributed by atoms with Gasteiger partial charge in [-0.05, 0) is 24.6 Å². The number of benzene rings is 2. The third-order valence-corrected chi connectivity index (χ3v) is 3.32. The number of aliphatic hydroxyl groups is 1. The van der Waals surface area contributed by atoms with E-state index in [0.29, 0.717) is 10.0 Å². The van der Waals surface area contributed by atoms with Crippen LogP contribution in [0.15, 0.2) is 46.9 Å². The maximum Gasteiger partial charge on any atom is 0.200 e. The van der Waals surface area contributed by atoms with E-state index in [1.165, 1.54) is 6.07 Å². The Labute approximate surface area is 124 Å². The Bertz CT molecular complexity index is 600. The lowest BCUT2D eigenvalue weighted by Gasteiger charge is -2.24. The molecule has 0 saturated heterocycles. The molecule has 0 amide bonds. The average molecular weight is 343 g/mol. The van der Waals surface area contributed by atoms with Crippen molar-refractivity contribution in [1.82, 2.24) is 0 Å². The van der Waals surface area contributed by atoms with Crippen molar-refractivity contribution in [3.8, 4) is 5.75 Å². The van der Waals surface area contributed by atoms with Gasteiger partial charge in [0.1, 0.15) is 12.2 Å². The van der Waals surface area contributed by atoms with Gasteiger partial charge in [0.2, 0.25) is 5.82 Å². The predicted molar refractivity (Wildman–Crippen MR) is 75.6 cm³/mol. The molecule has 0 aliphatic rings. The first-order valence-electron chi connectivity index (χ1n) is 5.95. The van der Waals surface area contributed by atoms with Crippen LogP contribution in [0.4, 0.5) is 8.78 Å². The summed E-state index contributed by atoms with van der Waals surface area (Å²) in [6.45, 7) is 1.36. The molecule has 0 aliphatic heterocycles. The molecule has 0 spiro atoms. The summed E-state index contributed by atoms with van der Waals surface area (Å²) in [5.41, 5.74) is -0.664. The van der Waals surface area contributed by atoms with Crippen molar-refractivity contribution < 1.29 is 18.6 Å². The monoisotopic (exact) mass is 342 g/mol. The lowest BCUT2D eigenvalue weighted by atomic mass is 9.97. The Morgan fingerprint density at radius 1 is 1.20 bits per heavy atom. The number of hydrogen-bond acceptors (Lipinski definition) is 2. The highest BCUT2D eigenvalue weighted by Crippen LogP contribution is 2.28. The molecule has 0 heterocycles. The average Bonchev–Trinajstić information content (AvgIpc) is 2.42. The topological polar surface area (TPSA) is 29.5 Å². The molecule has 0 saturated carbocycles. The molecule has 1 unspecified atom stereocenters. The minimum absolute atomic E-state index is 0.191. The van der Waals surface area contributed by atoms with Gasteiger partial charge < -0.3 is 9.84 Å². The van der Waals surface area contributed by atoms with Crippen LogP contribution in [0.3, 0.4) is 0 Å². The zero-order valence-corrected chi connectivity index (χ0v) is 12.3. The van der Waals surface area contributed by atoms with E-state index < -0.39 is 17.2 Å². The maximum atomic E-state index is 13.6. The molecule has 1 atom stereocenters. The van der Waals surface area contributed by atoms with Crippen LogP contribution in [0.2, 0.25) is 0 Å². The van der Waals surface area contributed by atoms with Crippen LogP contribution in [0, 0.1) is 11.6 Å². The van der Waals surface area contributed by atoms with E-state index in [2.05, 4.69) is 15.9 Å². The largest absolute Gasteiger partial charge is 0.487 e. The molecule has 0 aromatic heterocycles. The second-order valence-corrected chi connectivity index (χ2v) is 5.54. The number of ether oxygens (including phenoxy) is 1. The van der Waals surface area contributed by atoms with Gasteiger partial charge in [-0.15, -0.1) is 0 Å². The molecule has 2 nitrogen and oxygen atoms in total. The minimum atomic E-state index is -1.30. The van der Waals surface area contributed by atoms with Crippen molar-refractivity contribution in [2.75, 3.05) is 6.61 Å². The number of halogens is 3. The van der Waals surface area contributed by atoms with Crippen molar-refractivity contribution in [3.63, 3.8) is 0 Å². The van der Waals surface area contributed by atoms with Crippen molar-refractivity contribution in [1.29, 1.82) is 0 Å². The quantitative estimate of drug-likeness (QED) is 0.850. The molecule has 106 valence electrons. The molecule has 5 heteroatoms. The van der Waals surface area contributed by atoms with Crippen molar-refractivity contribution in [2.24, 2.45) is 0 Å². The van der Waals surface area contributed by atoms with Gasteiger partial charge in [-0.3, -0.25) is 0 Å². The summed E-state index contributed by atoms with van der Waals surface area (Å²) in [6, 6.07) is 11.2. The van der Waals surface area contributed by atoms with E-state index in [-0.39, 0.29) is 12.4 Å². The smallest absolute Gasteiger partial charge is 0.200 e. The summed E-state index contributed by atoms with van der Waals surface area (Å²) in [5, 5.41) is 10.3. The summed E-state index contributed by atoms with van der Waals surface area (Å²) in [6.07, 6.45) is 0. The Morgan fingerprint density at radius 3 is 2.50 bits per heavy atom. The van der Waals surface area contributed by atoms with Crippen LogP contribution in [-0.4, -0.2) is 11.7 Å². The molecule has 2 aromatic carbocycles. The maximum absolute atomic E-state index is 13.6. The fraction of sp³-hybridized carbons (Fsp3) is 0.200. The van der Waals surface area contributed by atoms with E-state index in [1.54, 1.807) is 31.2 Å². The van der Waals surface area contributed by atoms with Gasteiger partial charge in [0.05, 0.1) is 0 Å². The fourth-order valence-electron chi connectivity index (χ4n) is 1.74. The zero-order chi connectivity index (χ0) is 14.8. The highest BCUT2D eigenvalue weighted by Gasteiger charge is 2.25. The molecule has 1 N–H and O–H groups in total. The third kappa shape index (κ3) is 3.35. The first kappa shape index (κ1) is 14.9. The zero-order valence-electron chi connectivity index (χ0n) is 10.7. The summed E-state index contributed by atoms with van der Waals surface area (Å²) >= 11 is 3.06. The highest BCUT2D eigenvalue weighted by molar-refractivity contribution is 9.10. The first-order chi connectivity index (χ1) is 9.40. The molecule has 2 aromatic rings. The van der Waals surface area contributed by atoms with E-state index in [1.807, 2.05) is 6.07 Å². The molecule has 2 rings (SSSR count). The van der Waals surface area contributed by atoms with Crippen molar-refractivity contribution in [2.45, 2.75) is 12.5 Å². The van der Waals surface area contributed by atoms with Gasteiger partial charge in [-0.2, -0.15) is 4.39 Å². The van der Waals surface area contributed by atoms with Gasteiger partial charge >= 0.3 is 0 Å². The Kier molecular flexibility index (Phi) is 4.40. The number of hydrogen-bond donors (Lipinski definition) is 1. The minimum Gasteiger partial charge on any atom is -0.487 e. The Hall–Kier alpha value is -1.46. The normalized spacial score (nSPS) is 13.8. The molecule has 0 fully saturated rings. The first-order valence-corrected chi connectivity index (χ1v) is 6.75. The standard InChI is InChI=1S/C15H13BrF2O2/c1-15(19,10-5-3-2-4-6-10)9-20-13-8-11(16)7-12(17)14(13)18/h2-8,19H,9H2,1H3. The van der Waals surface area contributed by atoms with E-state index in [9.17, 15) is 13.9 Å². The molecule has 20 heavy (non-hydrogen) atoms. The van der Waals surface area contributed by atoms with Crippen molar-refractivity contribution >= 4 is 15.9 Å². The summed E-state index contributed by atoms with van der Waals surface area (Å²) in [7, 11) is 0.